The Hall–Kier alpha value is -0.320. The van der Waals surface area contributed by atoms with E-state index >= 15 is 0 Å². The molecule has 1 aliphatic heterocycles. The molecule has 1 rings (SSSR count). The largest absolute Gasteiger partial charge is 0.379 e. The summed E-state index contributed by atoms with van der Waals surface area (Å²) in [6, 6.07) is 0. The normalized spacial score (nSPS) is 18.9. The quantitative estimate of drug-likeness (QED) is 0.172. The van der Waals surface area contributed by atoms with E-state index in [0.29, 0.717) is 79.3 Å². The second-order valence-electron chi connectivity index (χ2n) is 10.0. The van der Waals surface area contributed by atoms with Crippen molar-refractivity contribution in [1.29, 1.82) is 0 Å². The molecular weight excluding hydrogens is 488 g/mol. The van der Waals surface area contributed by atoms with Crippen LogP contribution in [0.5, 0.6) is 0 Å². The molecule has 8 heteroatoms. The molecule has 1 fully saturated rings. The highest BCUT2D eigenvalue weighted by Gasteiger charge is 2.16. The van der Waals surface area contributed by atoms with Gasteiger partial charge in [0.25, 0.3) is 0 Å². The van der Waals surface area contributed by atoms with Crippen molar-refractivity contribution in [3.05, 3.63) is 0 Å². The summed E-state index contributed by atoms with van der Waals surface area (Å²) >= 11 is 0. The lowest BCUT2D eigenvalue weighted by molar-refractivity contribution is -0.116. The lowest BCUT2D eigenvalue weighted by atomic mass is 10.1. The van der Waals surface area contributed by atoms with Crippen LogP contribution in [-0.2, 0) is 37.9 Å². The van der Waals surface area contributed by atoms with Gasteiger partial charge in [-0.3, -0.25) is 0 Å². The van der Waals surface area contributed by atoms with Crippen molar-refractivity contribution in [3.8, 4) is 0 Å². The van der Waals surface area contributed by atoms with E-state index in [2.05, 4.69) is 13.8 Å². The summed E-state index contributed by atoms with van der Waals surface area (Å²) in [5.74, 6) is 0. The van der Waals surface area contributed by atoms with Crippen LogP contribution in [-0.4, -0.2) is 105 Å². The minimum Gasteiger partial charge on any atom is -0.379 e. The highest BCUT2D eigenvalue weighted by Crippen LogP contribution is 2.08. The van der Waals surface area contributed by atoms with Crippen LogP contribution in [0.1, 0.15) is 90.9 Å². The first-order valence-electron chi connectivity index (χ1n) is 15.6. The van der Waals surface area contributed by atoms with Gasteiger partial charge in [0.1, 0.15) is 12.2 Å². The van der Waals surface area contributed by atoms with Crippen molar-refractivity contribution in [2.45, 2.75) is 103 Å². The second-order valence-corrected chi connectivity index (χ2v) is 10.0. The van der Waals surface area contributed by atoms with Crippen LogP contribution in [0.2, 0.25) is 0 Å². The summed E-state index contributed by atoms with van der Waals surface area (Å²) in [6.07, 6.45) is 14.8. The van der Waals surface area contributed by atoms with Crippen molar-refractivity contribution >= 4 is 0 Å². The first-order valence-corrected chi connectivity index (χ1v) is 15.6. The highest BCUT2D eigenvalue weighted by molar-refractivity contribution is 4.62. The number of rotatable bonds is 21. The van der Waals surface area contributed by atoms with Gasteiger partial charge in [-0.15, -0.1) is 0 Å². The number of unbranched alkanes of at least 4 members (excludes halogenated alkanes) is 10. The van der Waals surface area contributed by atoms with E-state index in [1.807, 2.05) is 0 Å². The number of hydrogen-bond donors (Lipinski definition) is 0. The van der Waals surface area contributed by atoms with Crippen LogP contribution >= 0.6 is 0 Å². The van der Waals surface area contributed by atoms with E-state index in [0.717, 1.165) is 26.1 Å². The fourth-order valence-corrected chi connectivity index (χ4v) is 4.08. The van der Waals surface area contributed by atoms with Crippen LogP contribution in [0.3, 0.4) is 0 Å². The molecule has 1 unspecified atom stereocenters. The summed E-state index contributed by atoms with van der Waals surface area (Å²) in [4.78, 5) is 0. The van der Waals surface area contributed by atoms with E-state index in [4.69, 9.17) is 37.9 Å². The predicted octanol–water partition coefficient (Wildman–Crippen LogP) is 5.59. The third kappa shape index (κ3) is 24.7. The molecule has 1 saturated heterocycles. The molecule has 1 heterocycles. The standard InChI is InChI=1S/C30H60O8/c1-3-5-7-9-11-13-15-34-25-29(26-35-16-14-12-10-8-6-4-2)38-28-30-27-36-22-21-32-18-17-31-19-20-33-23-24-37-30/h29-30H,3-28H2,1-2H3. The van der Waals surface area contributed by atoms with E-state index in [1.54, 1.807) is 0 Å². The van der Waals surface area contributed by atoms with Crippen molar-refractivity contribution in [1.82, 2.24) is 0 Å². The molecule has 1 atom stereocenters. The first-order chi connectivity index (χ1) is 18.9. The number of hydrogen-bond acceptors (Lipinski definition) is 8. The van der Waals surface area contributed by atoms with Gasteiger partial charge in [0, 0.05) is 13.2 Å². The fourth-order valence-electron chi connectivity index (χ4n) is 4.08. The molecular formula is C30H60O8. The van der Waals surface area contributed by atoms with Gasteiger partial charge in [0.05, 0.1) is 79.3 Å². The van der Waals surface area contributed by atoms with E-state index in [9.17, 15) is 0 Å². The Bertz CT molecular complexity index is 418. The Kier molecular flexibility index (Phi) is 27.9. The lowest BCUT2D eigenvalue weighted by Crippen LogP contribution is -2.34. The number of ether oxygens (including phenoxy) is 8. The zero-order valence-electron chi connectivity index (χ0n) is 24.8. The Morgan fingerprint density at radius 2 is 1.00 bits per heavy atom. The molecule has 0 amide bonds. The topological polar surface area (TPSA) is 73.8 Å². The van der Waals surface area contributed by atoms with Crippen LogP contribution in [0, 0.1) is 0 Å². The zero-order valence-corrected chi connectivity index (χ0v) is 24.8. The SMILES string of the molecule is CCCCCCCCOCC(COCCCCCCCC)OCC1COCCOCCOCCOCCO1. The average molecular weight is 549 g/mol. The average Bonchev–Trinajstić information content (AvgIpc) is 2.94. The van der Waals surface area contributed by atoms with Gasteiger partial charge in [-0.1, -0.05) is 78.1 Å². The maximum Gasteiger partial charge on any atom is 0.104 e. The van der Waals surface area contributed by atoms with E-state index in [1.165, 1.54) is 64.2 Å². The molecule has 0 aromatic rings. The van der Waals surface area contributed by atoms with Gasteiger partial charge in [-0.2, -0.15) is 0 Å². The van der Waals surface area contributed by atoms with Crippen LogP contribution in [0.15, 0.2) is 0 Å². The van der Waals surface area contributed by atoms with Crippen molar-refractivity contribution < 1.29 is 37.9 Å². The third-order valence-electron chi connectivity index (χ3n) is 6.41. The molecule has 38 heavy (non-hydrogen) atoms. The van der Waals surface area contributed by atoms with Gasteiger partial charge >= 0.3 is 0 Å². The first kappa shape index (κ1) is 35.7. The van der Waals surface area contributed by atoms with Gasteiger partial charge in [0.15, 0.2) is 0 Å². The molecule has 0 aromatic heterocycles. The molecule has 0 bridgehead atoms. The van der Waals surface area contributed by atoms with Gasteiger partial charge in [-0.05, 0) is 12.8 Å². The van der Waals surface area contributed by atoms with E-state index < -0.39 is 0 Å². The molecule has 228 valence electrons. The van der Waals surface area contributed by atoms with Gasteiger partial charge in [-0.25, -0.2) is 0 Å². The second kappa shape index (κ2) is 29.7. The third-order valence-corrected chi connectivity index (χ3v) is 6.41. The molecule has 0 aromatic carbocycles. The molecule has 0 spiro atoms. The smallest absolute Gasteiger partial charge is 0.104 e. The Balaban J connectivity index is 2.39. The highest BCUT2D eigenvalue weighted by atomic mass is 16.6. The molecule has 8 nitrogen and oxygen atoms in total. The van der Waals surface area contributed by atoms with E-state index in [-0.39, 0.29) is 12.2 Å². The molecule has 1 aliphatic rings. The van der Waals surface area contributed by atoms with Crippen molar-refractivity contribution in [3.63, 3.8) is 0 Å². The maximum absolute atomic E-state index is 6.24. The summed E-state index contributed by atoms with van der Waals surface area (Å²) < 4.78 is 46.6. The zero-order chi connectivity index (χ0) is 27.2. The molecule has 0 radical (unpaired) electrons. The molecule has 0 aliphatic carbocycles. The minimum absolute atomic E-state index is 0.118. The Morgan fingerprint density at radius 1 is 0.553 bits per heavy atom. The lowest BCUT2D eigenvalue weighted by Gasteiger charge is -2.23. The maximum atomic E-state index is 6.24. The predicted molar refractivity (Wildman–Crippen MR) is 151 cm³/mol. The molecule has 0 saturated carbocycles. The van der Waals surface area contributed by atoms with Crippen LogP contribution in [0.25, 0.3) is 0 Å². The van der Waals surface area contributed by atoms with Crippen molar-refractivity contribution in [2.24, 2.45) is 0 Å². The minimum atomic E-state index is -0.181. The Morgan fingerprint density at radius 3 is 1.53 bits per heavy atom. The van der Waals surface area contributed by atoms with Crippen LogP contribution < -0.4 is 0 Å². The Labute approximate surface area is 233 Å². The fraction of sp³-hybridized carbons (Fsp3) is 1.00. The van der Waals surface area contributed by atoms with Crippen LogP contribution in [0.4, 0.5) is 0 Å². The molecule has 0 N–H and O–H groups in total. The monoisotopic (exact) mass is 548 g/mol. The summed E-state index contributed by atoms with van der Waals surface area (Å²) in [7, 11) is 0. The van der Waals surface area contributed by atoms with Gasteiger partial charge < -0.3 is 37.9 Å². The summed E-state index contributed by atoms with van der Waals surface area (Å²) in [5, 5.41) is 0. The van der Waals surface area contributed by atoms with Crippen molar-refractivity contribution in [2.75, 3.05) is 92.5 Å². The summed E-state index contributed by atoms with van der Waals surface area (Å²) in [6.45, 7) is 12.3. The van der Waals surface area contributed by atoms with Gasteiger partial charge in [0.2, 0.25) is 0 Å². The summed E-state index contributed by atoms with van der Waals surface area (Å²) in [5.41, 5.74) is 0.